The highest BCUT2D eigenvalue weighted by atomic mass is 32.2. The number of nitrogen functional groups attached to an aromatic ring is 1. The van der Waals surface area contributed by atoms with Crippen LogP contribution in [0.15, 0.2) is 29.2 Å². The Labute approximate surface area is 110 Å². The summed E-state index contributed by atoms with van der Waals surface area (Å²) in [6, 6.07) is 8.65. The quantitative estimate of drug-likeness (QED) is 0.859. The molecule has 0 aliphatic rings. The van der Waals surface area contributed by atoms with Crippen LogP contribution in [0, 0.1) is 0 Å². The van der Waals surface area contributed by atoms with Crippen LogP contribution in [0.1, 0.15) is 31.0 Å². The lowest BCUT2D eigenvalue weighted by Crippen LogP contribution is -1.89. The highest BCUT2D eigenvalue weighted by Gasteiger charge is 2.05. The summed E-state index contributed by atoms with van der Waals surface area (Å²) >= 11 is 2.99. The highest BCUT2D eigenvalue weighted by Crippen LogP contribution is 2.26. The van der Waals surface area contributed by atoms with E-state index in [4.69, 9.17) is 5.73 Å². The third-order valence-electron chi connectivity index (χ3n) is 2.51. The fraction of sp³-hybridized carbons (Fsp3) is 0.333. The SMILES string of the molecule is CC(C)c1ccc(SCc2nnsc2N)cc1. The van der Waals surface area contributed by atoms with E-state index < -0.39 is 0 Å². The van der Waals surface area contributed by atoms with Gasteiger partial charge in [0.15, 0.2) is 0 Å². The van der Waals surface area contributed by atoms with Crippen molar-refractivity contribution in [3.05, 3.63) is 35.5 Å². The molecule has 0 spiro atoms. The summed E-state index contributed by atoms with van der Waals surface area (Å²) in [4.78, 5) is 1.24. The van der Waals surface area contributed by atoms with Crippen molar-refractivity contribution in [2.45, 2.75) is 30.4 Å². The Hall–Kier alpha value is -1.07. The van der Waals surface area contributed by atoms with Gasteiger partial charge in [-0.15, -0.1) is 16.9 Å². The minimum Gasteiger partial charge on any atom is -0.388 e. The van der Waals surface area contributed by atoms with Gasteiger partial charge in [-0.3, -0.25) is 0 Å². The predicted molar refractivity (Wildman–Crippen MR) is 74.4 cm³/mol. The van der Waals surface area contributed by atoms with Crippen molar-refractivity contribution in [2.24, 2.45) is 0 Å². The first-order valence-electron chi connectivity index (χ1n) is 5.46. The molecule has 0 amide bonds. The summed E-state index contributed by atoms with van der Waals surface area (Å²) in [5.74, 6) is 1.36. The second-order valence-electron chi connectivity index (χ2n) is 4.10. The summed E-state index contributed by atoms with van der Waals surface area (Å²) in [5.41, 5.74) is 8.00. The van der Waals surface area contributed by atoms with E-state index in [-0.39, 0.29) is 0 Å². The maximum atomic E-state index is 5.75. The van der Waals surface area contributed by atoms with Crippen molar-refractivity contribution < 1.29 is 0 Å². The lowest BCUT2D eigenvalue weighted by atomic mass is 10.0. The molecule has 0 aliphatic carbocycles. The highest BCUT2D eigenvalue weighted by molar-refractivity contribution is 7.98. The number of benzene rings is 1. The second-order valence-corrected chi connectivity index (χ2v) is 5.93. The van der Waals surface area contributed by atoms with Gasteiger partial charge in [0.1, 0.15) is 10.7 Å². The van der Waals surface area contributed by atoms with E-state index in [0.717, 1.165) is 16.4 Å². The Morgan fingerprint density at radius 3 is 2.53 bits per heavy atom. The zero-order valence-electron chi connectivity index (χ0n) is 9.88. The Morgan fingerprint density at radius 2 is 2.00 bits per heavy atom. The lowest BCUT2D eigenvalue weighted by Gasteiger charge is -2.06. The molecule has 2 N–H and O–H groups in total. The second kappa shape index (κ2) is 5.51. The van der Waals surface area contributed by atoms with Gasteiger partial charge in [0.05, 0.1) is 0 Å². The molecule has 90 valence electrons. The van der Waals surface area contributed by atoms with Crippen molar-refractivity contribution in [3.8, 4) is 0 Å². The number of rotatable bonds is 4. The van der Waals surface area contributed by atoms with Gasteiger partial charge >= 0.3 is 0 Å². The molecule has 0 fully saturated rings. The van der Waals surface area contributed by atoms with Crippen molar-refractivity contribution in [1.82, 2.24) is 9.59 Å². The van der Waals surface area contributed by atoms with Gasteiger partial charge in [-0.2, -0.15) is 0 Å². The van der Waals surface area contributed by atoms with E-state index >= 15 is 0 Å². The van der Waals surface area contributed by atoms with E-state index in [1.54, 1.807) is 11.8 Å². The smallest absolute Gasteiger partial charge is 0.131 e. The molecule has 2 aromatic rings. The molecule has 0 aliphatic heterocycles. The first-order valence-corrected chi connectivity index (χ1v) is 7.22. The van der Waals surface area contributed by atoms with Gasteiger partial charge in [0.2, 0.25) is 0 Å². The minimum absolute atomic E-state index is 0.576. The lowest BCUT2D eigenvalue weighted by molar-refractivity contribution is 0.865. The monoisotopic (exact) mass is 265 g/mol. The van der Waals surface area contributed by atoms with Crippen molar-refractivity contribution >= 4 is 28.3 Å². The van der Waals surface area contributed by atoms with Crippen LogP contribution in [0.5, 0.6) is 0 Å². The van der Waals surface area contributed by atoms with Gasteiger partial charge in [-0.25, -0.2) is 0 Å². The van der Waals surface area contributed by atoms with Crippen LogP contribution in [-0.2, 0) is 5.75 Å². The first kappa shape index (κ1) is 12.4. The number of hydrogen-bond donors (Lipinski definition) is 1. The van der Waals surface area contributed by atoms with Crippen molar-refractivity contribution in [2.75, 3.05) is 5.73 Å². The molecule has 3 nitrogen and oxygen atoms in total. The van der Waals surface area contributed by atoms with E-state index in [1.807, 2.05) is 0 Å². The van der Waals surface area contributed by atoms with Crippen molar-refractivity contribution in [1.29, 1.82) is 0 Å². The Bertz CT molecular complexity index is 477. The third-order valence-corrected chi connectivity index (χ3v) is 4.13. The summed E-state index contributed by atoms with van der Waals surface area (Å²) in [6.45, 7) is 4.40. The average Bonchev–Trinajstić information content (AvgIpc) is 2.73. The van der Waals surface area contributed by atoms with Gasteiger partial charge in [-0.1, -0.05) is 30.5 Å². The van der Waals surface area contributed by atoms with Crippen LogP contribution in [0.2, 0.25) is 0 Å². The maximum Gasteiger partial charge on any atom is 0.131 e. The average molecular weight is 265 g/mol. The van der Waals surface area contributed by atoms with Gasteiger partial charge in [0, 0.05) is 22.2 Å². The topological polar surface area (TPSA) is 51.8 Å². The Morgan fingerprint density at radius 1 is 1.29 bits per heavy atom. The molecule has 0 atom stereocenters. The van der Waals surface area contributed by atoms with Crippen LogP contribution in [0.3, 0.4) is 0 Å². The van der Waals surface area contributed by atoms with Crippen molar-refractivity contribution in [3.63, 3.8) is 0 Å². The first-order chi connectivity index (χ1) is 8.16. The summed E-state index contributed by atoms with van der Waals surface area (Å²) in [6.07, 6.45) is 0. The molecule has 0 saturated carbocycles. The van der Waals surface area contributed by atoms with E-state index in [0.29, 0.717) is 5.92 Å². The number of thioether (sulfide) groups is 1. The maximum absolute atomic E-state index is 5.75. The van der Waals surface area contributed by atoms with Crippen LogP contribution in [0.25, 0.3) is 0 Å². The minimum atomic E-state index is 0.576. The Kier molecular flexibility index (Phi) is 4.02. The van der Waals surface area contributed by atoms with Crippen LogP contribution in [0.4, 0.5) is 5.00 Å². The summed E-state index contributed by atoms with van der Waals surface area (Å²) in [7, 11) is 0. The number of hydrogen-bond acceptors (Lipinski definition) is 5. The summed E-state index contributed by atoms with van der Waals surface area (Å²) < 4.78 is 3.82. The van der Waals surface area contributed by atoms with E-state index in [1.165, 1.54) is 22.0 Å². The van der Waals surface area contributed by atoms with Gasteiger partial charge in [-0.05, 0) is 23.6 Å². The normalized spacial score (nSPS) is 11.0. The molecule has 0 radical (unpaired) electrons. The number of aromatic nitrogens is 2. The third kappa shape index (κ3) is 3.20. The van der Waals surface area contributed by atoms with Crippen LogP contribution < -0.4 is 5.73 Å². The van der Waals surface area contributed by atoms with Gasteiger partial charge < -0.3 is 5.73 Å². The van der Waals surface area contributed by atoms with E-state index in [2.05, 4.69) is 47.7 Å². The molecule has 0 unspecified atom stereocenters. The number of nitrogens with two attached hydrogens (primary N) is 1. The molecular formula is C12H15N3S2. The molecule has 1 aromatic heterocycles. The number of anilines is 1. The predicted octanol–water partition coefficient (Wildman–Crippen LogP) is 3.54. The van der Waals surface area contributed by atoms with Crippen LogP contribution in [-0.4, -0.2) is 9.59 Å². The standard InChI is InChI=1S/C12H15N3S2/c1-8(2)9-3-5-10(6-4-9)16-7-11-12(13)17-15-14-11/h3-6,8H,7,13H2,1-2H3. The van der Waals surface area contributed by atoms with Gasteiger partial charge in [0.25, 0.3) is 0 Å². The fourth-order valence-electron chi connectivity index (χ4n) is 1.42. The molecule has 0 saturated heterocycles. The molecule has 0 bridgehead atoms. The molecule has 2 rings (SSSR count). The molecule has 17 heavy (non-hydrogen) atoms. The fourth-order valence-corrected chi connectivity index (χ4v) is 2.80. The molecule has 1 aromatic carbocycles. The number of nitrogens with zero attached hydrogens (tertiary/aromatic N) is 2. The molecular weight excluding hydrogens is 250 g/mol. The zero-order valence-corrected chi connectivity index (χ0v) is 11.5. The zero-order chi connectivity index (χ0) is 12.3. The summed E-state index contributed by atoms with van der Waals surface area (Å²) in [5, 5.41) is 4.72. The Balaban J connectivity index is 1.98. The molecule has 1 heterocycles. The molecule has 5 heteroatoms. The van der Waals surface area contributed by atoms with E-state index in [9.17, 15) is 0 Å². The van der Waals surface area contributed by atoms with Crippen LogP contribution >= 0.6 is 23.3 Å². The largest absolute Gasteiger partial charge is 0.388 e.